The molecule has 22 heavy (non-hydrogen) atoms. The van der Waals surface area contributed by atoms with Crippen LogP contribution in [0.3, 0.4) is 0 Å². The Bertz CT molecular complexity index is 655. The van der Waals surface area contributed by atoms with Gasteiger partial charge in [0.25, 0.3) is 0 Å². The van der Waals surface area contributed by atoms with Crippen molar-refractivity contribution >= 4 is 17.2 Å². The molecule has 2 aromatic rings. The van der Waals surface area contributed by atoms with Crippen LogP contribution in [-0.4, -0.2) is 23.7 Å². The van der Waals surface area contributed by atoms with Crippen LogP contribution in [0.5, 0.6) is 0 Å². The molecule has 0 fully saturated rings. The number of hydrogen-bond donors (Lipinski definition) is 3. The Labute approximate surface area is 134 Å². The zero-order valence-corrected chi connectivity index (χ0v) is 13.1. The van der Waals surface area contributed by atoms with Crippen molar-refractivity contribution in [2.45, 2.75) is 31.4 Å². The Morgan fingerprint density at radius 1 is 1.41 bits per heavy atom. The van der Waals surface area contributed by atoms with Gasteiger partial charge in [-0.3, -0.25) is 4.79 Å². The number of nitrogens with two attached hydrogens (primary N) is 1. The highest BCUT2D eigenvalue weighted by Gasteiger charge is 2.35. The molecule has 0 saturated heterocycles. The third kappa shape index (κ3) is 3.21. The number of nitrogens with one attached hydrogen (secondary N) is 1. The Hall–Kier alpha value is -1.69. The minimum absolute atomic E-state index is 0.450. The number of carbonyl (C=O) groups is 1. The number of amides is 1. The highest BCUT2D eigenvalue weighted by Crippen LogP contribution is 2.33. The Morgan fingerprint density at radius 2 is 2.27 bits per heavy atom. The van der Waals surface area contributed by atoms with Gasteiger partial charge in [0.2, 0.25) is 5.91 Å². The average molecular weight is 316 g/mol. The maximum Gasteiger partial charge on any atom is 0.227 e. The maximum atomic E-state index is 11.5. The zero-order valence-electron chi connectivity index (χ0n) is 12.3. The molecule has 0 unspecified atom stereocenters. The number of aliphatic hydroxyl groups excluding tert-OH is 1. The van der Waals surface area contributed by atoms with E-state index < -0.39 is 17.9 Å². The van der Waals surface area contributed by atoms with E-state index in [1.54, 1.807) is 11.3 Å². The lowest BCUT2D eigenvalue weighted by atomic mass is 9.97. The minimum atomic E-state index is -0.686. The predicted molar refractivity (Wildman–Crippen MR) is 87.8 cm³/mol. The SMILES string of the molecule is NC(=O)[C@@H]1c2cc(CNCCc3cccs3)ccc2C[C@H]1O. The van der Waals surface area contributed by atoms with Gasteiger partial charge in [-0.05, 0) is 41.0 Å². The second kappa shape index (κ2) is 6.60. The summed E-state index contributed by atoms with van der Waals surface area (Å²) < 4.78 is 0. The van der Waals surface area contributed by atoms with Crippen LogP contribution in [0.1, 0.15) is 27.5 Å². The molecule has 1 aliphatic rings. The molecular formula is C17H20N2O2S. The summed E-state index contributed by atoms with van der Waals surface area (Å²) in [4.78, 5) is 12.9. The van der Waals surface area contributed by atoms with Crippen molar-refractivity contribution in [1.29, 1.82) is 0 Å². The lowest BCUT2D eigenvalue weighted by Gasteiger charge is -2.12. The van der Waals surface area contributed by atoms with Crippen LogP contribution < -0.4 is 11.1 Å². The van der Waals surface area contributed by atoms with Crippen molar-refractivity contribution in [1.82, 2.24) is 5.32 Å². The molecule has 116 valence electrons. The van der Waals surface area contributed by atoms with E-state index in [4.69, 9.17) is 5.73 Å². The van der Waals surface area contributed by atoms with Crippen LogP contribution in [0.15, 0.2) is 35.7 Å². The highest BCUT2D eigenvalue weighted by molar-refractivity contribution is 7.09. The van der Waals surface area contributed by atoms with Gasteiger partial charge in [0, 0.05) is 18.0 Å². The van der Waals surface area contributed by atoms with Crippen molar-refractivity contribution in [3.63, 3.8) is 0 Å². The molecule has 0 aliphatic heterocycles. The lowest BCUT2D eigenvalue weighted by Crippen LogP contribution is -2.28. The van der Waals surface area contributed by atoms with Gasteiger partial charge in [0.15, 0.2) is 0 Å². The van der Waals surface area contributed by atoms with E-state index in [9.17, 15) is 9.90 Å². The van der Waals surface area contributed by atoms with Gasteiger partial charge in [0.05, 0.1) is 12.0 Å². The predicted octanol–water partition coefficient (Wildman–Crippen LogP) is 1.57. The molecule has 4 N–H and O–H groups in total. The van der Waals surface area contributed by atoms with Gasteiger partial charge >= 0.3 is 0 Å². The number of benzene rings is 1. The first kappa shape index (κ1) is 15.2. The fourth-order valence-corrected chi connectivity index (χ4v) is 3.73. The van der Waals surface area contributed by atoms with E-state index in [-0.39, 0.29) is 0 Å². The number of primary amides is 1. The smallest absolute Gasteiger partial charge is 0.227 e. The summed E-state index contributed by atoms with van der Waals surface area (Å²) in [5.74, 6) is -1.02. The summed E-state index contributed by atoms with van der Waals surface area (Å²) in [6, 6.07) is 10.3. The second-order valence-electron chi connectivity index (χ2n) is 5.69. The van der Waals surface area contributed by atoms with Crippen LogP contribution in [0.4, 0.5) is 0 Å². The third-order valence-electron chi connectivity index (χ3n) is 4.12. The van der Waals surface area contributed by atoms with Gasteiger partial charge in [0.1, 0.15) is 0 Å². The van der Waals surface area contributed by atoms with Crippen LogP contribution in [0.2, 0.25) is 0 Å². The first-order valence-electron chi connectivity index (χ1n) is 7.47. The third-order valence-corrected chi connectivity index (χ3v) is 5.06. The maximum absolute atomic E-state index is 11.5. The van der Waals surface area contributed by atoms with E-state index in [2.05, 4.69) is 22.8 Å². The number of carbonyl (C=O) groups excluding carboxylic acids is 1. The summed E-state index contributed by atoms with van der Waals surface area (Å²) in [5.41, 5.74) is 8.44. The molecule has 0 radical (unpaired) electrons. The lowest BCUT2D eigenvalue weighted by molar-refractivity contribution is -0.121. The molecule has 4 nitrogen and oxygen atoms in total. The van der Waals surface area contributed by atoms with Gasteiger partial charge in [-0.25, -0.2) is 0 Å². The first-order chi connectivity index (χ1) is 10.6. The molecule has 3 rings (SSSR count). The van der Waals surface area contributed by atoms with E-state index in [1.165, 1.54) is 4.88 Å². The van der Waals surface area contributed by atoms with E-state index in [0.29, 0.717) is 6.42 Å². The minimum Gasteiger partial charge on any atom is -0.392 e. The van der Waals surface area contributed by atoms with E-state index in [1.807, 2.05) is 18.2 Å². The molecule has 2 atom stereocenters. The van der Waals surface area contributed by atoms with Crippen molar-refractivity contribution in [3.05, 3.63) is 57.3 Å². The molecule has 1 aliphatic carbocycles. The highest BCUT2D eigenvalue weighted by atomic mass is 32.1. The van der Waals surface area contributed by atoms with Crippen LogP contribution in [-0.2, 0) is 24.2 Å². The molecule has 0 spiro atoms. The van der Waals surface area contributed by atoms with Crippen LogP contribution in [0.25, 0.3) is 0 Å². The molecular weight excluding hydrogens is 296 g/mol. The molecule has 1 aromatic heterocycles. The monoisotopic (exact) mass is 316 g/mol. The molecule has 1 amide bonds. The van der Waals surface area contributed by atoms with E-state index in [0.717, 1.165) is 36.2 Å². The van der Waals surface area contributed by atoms with Gasteiger partial charge in [-0.1, -0.05) is 24.3 Å². The fourth-order valence-electron chi connectivity index (χ4n) is 3.02. The summed E-state index contributed by atoms with van der Waals surface area (Å²) in [7, 11) is 0. The summed E-state index contributed by atoms with van der Waals surface area (Å²) in [6.45, 7) is 1.67. The fraction of sp³-hybridized carbons (Fsp3) is 0.353. The van der Waals surface area contributed by atoms with Crippen molar-refractivity contribution in [2.75, 3.05) is 6.54 Å². The molecule has 1 heterocycles. The van der Waals surface area contributed by atoms with Crippen molar-refractivity contribution in [3.8, 4) is 0 Å². The standard InChI is InChI=1S/C17H20N2O2S/c18-17(21)16-14-8-11(3-4-12(14)9-15(16)20)10-19-6-5-13-2-1-7-22-13/h1-4,7-8,15-16,19-20H,5-6,9-10H2,(H2,18,21)/t15-,16-/m1/s1. The summed E-state index contributed by atoms with van der Waals surface area (Å²) in [6.07, 6.45) is 0.842. The van der Waals surface area contributed by atoms with E-state index >= 15 is 0 Å². The molecule has 1 aromatic carbocycles. The van der Waals surface area contributed by atoms with Gasteiger partial charge in [-0.15, -0.1) is 11.3 Å². The summed E-state index contributed by atoms with van der Waals surface area (Å²) in [5, 5.41) is 15.5. The molecule has 0 saturated carbocycles. The van der Waals surface area contributed by atoms with Crippen molar-refractivity contribution < 1.29 is 9.90 Å². The van der Waals surface area contributed by atoms with Gasteiger partial charge in [-0.2, -0.15) is 0 Å². The average Bonchev–Trinajstić information content (AvgIpc) is 3.09. The van der Waals surface area contributed by atoms with Crippen LogP contribution in [0, 0.1) is 0 Å². The van der Waals surface area contributed by atoms with Gasteiger partial charge < -0.3 is 16.2 Å². The second-order valence-corrected chi connectivity index (χ2v) is 6.72. The largest absolute Gasteiger partial charge is 0.392 e. The number of aliphatic hydroxyl groups is 1. The number of hydrogen-bond acceptors (Lipinski definition) is 4. The van der Waals surface area contributed by atoms with Crippen LogP contribution >= 0.6 is 11.3 Å². The topological polar surface area (TPSA) is 75.4 Å². The number of rotatable bonds is 6. The summed E-state index contributed by atoms with van der Waals surface area (Å²) >= 11 is 1.77. The molecule has 0 bridgehead atoms. The quantitative estimate of drug-likeness (QED) is 0.708. The number of thiophene rings is 1. The molecule has 5 heteroatoms. The van der Waals surface area contributed by atoms with Crippen molar-refractivity contribution in [2.24, 2.45) is 5.73 Å². The normalized spacial score (nSPS) is 20.0. The zero-order chi connectivity index (χ0) is 15.5. The Balaban J connectivity index is 1.60. The number of fused-ring (bicyclic) bond motifs is 1. The Morgan fingerprint density at radius 3 is 3.00 bits per heavy atom. The Kier molecular flexibility index (Phi) is 4.57. The first-order valence-corrected chi connectivity index (χ1v) is 8.35.